The fourth-order valence-electron chi connectivity index (χ4n) is 6.20. The number of esters is 1. The van der Waals surface area contributed by atoms with Crippen LogP contribution in [0.4, 0.5) is 0 Å². The highest BCUT2D eigenvalue weighted by Crippen LogP contribution is 2.43. The van der Waals surface area contributed by atoms with Crippen molar-refractivity contribution in [3.8, 4) is 11.5 Å². The van der Waals surface area contributed by atoms with Gasteiger partial charge in [0.2, 0.25) is 0 Å². The number of methoxy groups -OCH3 is 2. The maximum atomic E-state index is 14.2. The molecular formula is C34H56N2O7. The lowest BCUT2D eigenvalue weighted by Crippen LogP contribution is -2.49. The van der Waals surface area contributed by atoms with Crippen LogP contribution in [0.15, 0.2) is 17.2 Å². The zero-order valence-corrected chi connectivity index (χ0v) is 28.6. The van der Waals surface area contributed by atoms with Crippen LogP contribution in [0.25, 0.3) is 0 Å². The largest absolute Gasteiger partial charge is 0.497 e. The van der Waals surface area contributed by atoms with Crippen molar-refractivity contribution < 1.29 is 33.6 Å². The molecule has 9 heteroatoms. The summed E-state index contributed by atoms with van der Waals surface area (Å²) >= 11 is 0. The van der Waals surface area contributed by atoms with E-state index in [1.807, 2.05) is 31.0 Å². The molecule has 1 N–H and O–H groups in total. The molecule has 9 nitrogen and oxygen atoms in total. The summed E-state index contributed by atoms with van der Waals surface area (Å²) in [6.45, 7) is 21.3. The molecule has 2 heterocycles. The van der Waals surface area contributed by atoms with Gasteiger partial charge in [0.25, 0.3) is 0 Å². The molecule has 3 atom stereocenters. The second-order valence-corrected chi connectivity index (χ2v) is 14.4. The first-order valence-electron chi connectivity index (χ1n) is 15.8. The second kappa shape index (κ2) is 13.4. The second-order valence-electron chi connectivity index (χ2n) is 14.4. The van der Waals surface area contributed by atoms with E-state index in [4.69, 9.17) is 28.8 Å². The van der Waals surface area contributed by atoms with Gasteiger partial charge in [-0.1, -0.05) is 55.4 Å². The molecule has 1 aromatic carbocycles. The van der Waals surface area contributed by atoms with Crippen LogP contribution < -0.4 is 9.47 Å². The molecular weight excluding hydrogens is 548 g/mol. The summed E-state index contributed by atoms with van der Waals surface area (Å²) in [5, 5.41) is 18.2. The predicted octanol–water partition coefficient (Wildman–Crippen LogP) is 6.12. The Morgan fingerprint density at radius 1 is 1.09 bits per heavy atom. The Morgan fingerprint density at radius 3 is 2.12 bits per heavy atom. The average molecular weight is 605 g/mol. The normalized spacial score (nSPS) is 22.2. The highest BCUT2D eigenvalue weighted by Gasteiger charge is 2.43. The Labute approximate surface area is 259 Å². The highest BCUT2D eigenvalue weighted by atomic mass is 16.7. The zero-order chi connectivity index (χ0) is 32.4. The van der Waals surface area contributed by atoms with Crippen molar-refractivity contribution in [2.75, 3.05) is 27.4 Å². The first kappa shape index (κ1) is 35.3. The van der Waals surface area contributed by atoms with Gasteiger partial charge in [-0.3, -0.25) is 5.01 Å². The number of nitrogens with zero attached hydrogens (tertiary/aromatic N) is 2. The van der Waals surface area contributed by atoms with Gasteiger partial charge in [-0.15, -0.1) is 0 Å². The molecule has 43 heavy (non-hydrogen) atoms. The van der Waals surface area contributed by atoms with E-state index in [0.29, 0.717) is 18.0 Å². The van der Waals surface area contributed by atoms with E-state index >= 15 is 0 Å². The van der Waals surface area contributed by atoms with E-state index in [0.717, 1.165) is 36.8 Å². The minimum atomic E-state index is -1.02. The van der Waals surface area contributed by atoms with E-state index in [1.54, 1.807) is 14.2 Å². The van der Waals surface area contributed by atoms with Gasteiger partial charge >= 0.3 is 5.97 Å². The van der Waals surface area contributed by atoms with Gasteiger partial charge in [-0.05, 0) is 62.5 Å². The van der Waals surface area contributed by atoms with Gasteiger partial charge in [0, 0.05) is 31.2 Å². The van der Waals surface area contributed by atoms with Crippen LogP contribution in [0.2, 0.25) is 0 Å². The van der Waals surface area contributed by atoms with Crippen molar-refractivity contribution in [3.05, 3.63) is 23.3 Å². The SMILES string of the molecule is CCC(CC)(OC)[C@@H]1CCCN1/N=C(\C[C@H](O)[C@H]1COC(C)(C)O1)C(=O)Oc1c(C(C)(C)C)cc(OC)cc1C(C)(C)C. The molecule has 1 aromatic rings. The van der Waals surface area contributed by atoms with Crippen LogP contribution in [0, 0.1) is 0 Å². The fraction of sp³-hybridized carbons (Fsp3) is 0.765. The van der Waals surface area contributed by atoms with Gasteiger partial charge in [0.1, 0.15) is 23.3 Å². The Balaban J connectivity index is 2.09. The minimum absolute atomic E-state index is 0.00583. The summed E-state index contributed by atoms with van der Waals surface area (Å²) in [7, 11) is 3.39. The van der Waals surface area contributed by atoms with Gasteiger partial charge in [0.05, 0.1) is 31.5 Å². The minimum Gasteiger partial charge on any atom is -0.497 e. The number of aliphatic hydroxyl groups excluding tert-OH is 1. The third-order valence-electron chi connectivity index (χ3n) is 8.89. The summed E-state index contributed by atoms with van der Waals surface area (Å²) in [6.07, 6.45) is 1.81. The summed E-state index contributed by atoms with van der Waals surface area (Å²) in [5.41, 5.74) is 0.765. The number of hydrogen-bond acceptors (Lipinski definition) is 9. The van der Waals surface area contributed by atoms with Gasteiger partial charge in [-0.25, -0.2) is 4.79 Å². The first-order chi connectivity index (χ1) is 19.9. The van der Waals surface area contributed by atoms with E-state index in [1.165, 1.54) is 0 Å². The Bertz CT molecular complexity index is 1100. The molecule has 0 bridgehead atoms. The number of carbonyl (C=O) groups is 1. The van der Waals surface area contributed by atoms with Crippen LogP contribution in [0.3, 0.4) is 0 Å². The molecule has 0 aliphatic carbocycles. The van der Waals surface area contributed by atoms with Gasteiger partial charge in [0.15, 0.2) is 5.79 Å². The number of hydrazone groups is 1. The zero-order valence-electron chi connectivity index (χ0n) is 28.6. The molecule has 2 saturated heterocycles. The number of ether oxygens (including phenoxy) is 5. The van der Waals surface area contributed by atoms with Gasteiger partial charge in [-0.2, -0.15) is 5.10 Å². The molecule has 0 spiro atoms. The van der Waals surface area contributed by atoms with Crippen LogP contribution in [0.1, 0.15) is 112 Å². The highest BCUT2D eigenvalue weighted by molar-refractivity contribution is 6.37. The lowest BCUT2D eigenvalue weighted by Gasteiger charge is -2.40. The van der Waals surface area contributed by atoms with E-state index in [-0.39, 0.29) is 35.6 Å². The molecule has 3 rings (SSSR count). The Morgan fingerprint density at radius 2 is 1.67 bits per heavy atom. The predicted molar refractivity (Wildman–Crippen MR) is 169 cm³/mol. The topological polar surface area (TPSA) is 99.1 Å². The molecule has 0 radical (unpaired) electrons. The number of aliphatic hydroxyl groups is 1. The molecule has 244 valence electrons. The monoisotopic (exact) mass is 604 g/mol. The summed E-state index contributed by atoms with van der Waals surface area (Å²) in [5.74, 6) is -0.202. The molecule has 0 saturated carbocycles. The smallest absolute Gasteiger partial charge is 0.360 e. The third-order valence-corrected chi connectivity index (χ3v) is 8.89. The van der Waals surface area contributed by atoms with Crippen LogP contribution in [-0.2, 0) is 29.8 Å². The molecule has 2 aliphatic rings. The molecule has 0 aromatic heterocycles. The fourth-order valence-corrected chi connectivity index (χ4v) is 6.20. The number of hydrogen-bond donors (Lipinski definition) is 1. The maximum Gasteiger partial charge on any atom is 0.360 e. The molecule has 0 amide bonds. The van der Waals surface area contributed by atoms with Crippen LogP contribution in [-0.4, -0.2) is 78.8 Å². The van der Waals surface area contributed by atoms with E-state index in [2.05, 4.69) is 55.4 Å². The van der Waals surface area contributed by atoms with Crippen molar-refractivity contribution in [2.45, 2.75) is 142 Å². The van der Waals surface area contributed by atoms with Crippen molar-refractivity contribution in [1.29, 1.82) is 0 Å². The summed E-state index contributed by atoms with van der Waals surface area (Å²) in [4.78, 5) is 14.2. The molecule has 2 aliphatic heterocycles. The van der Waals surface area contributed by atoms with Crippen molar-refractivity contribution in [1.82, 2.24) is 5.01 Å². The van der Waals surface area contributed by atoms with Gasteiger partial charge < -0.3 is 28.8 Å². The third kappa shape index (κ3) is 8.10. The van der Waals surface area contributed by atoms with Crippen LogP contribution >= 0.6 is 0 Å². The Hall–Kier alpha value is -2.20. The standard InChI is InChI=1S/C34H56N2O7/c1-13-34(14-2,40-12)28-16-15-17-36(28)35-25(20-26(37)27-21-41-33(9,10)43-27)30(38)42-29-23(31(3,4)5)18-22(39-11)19-24(29)32(6,7)8/h18-19,26-28,37H,13-17,20-21H2,1-12H3/b35-25+/t26-,27+,28-/m0/s1. The number of rotatable bonds is 11. The summed E-state index contributed by atoms with van der Waals surface area (Å²) in [6, 6.07) is 3.86. The van der Waals surface area contributed by atoms with E-state index in [9.17, 15) is 9.90 Å². The maximum absolute atomic E-state index is 14.2. The van der Waals surface area contributed by atoms with Crippen molar-refractivity contribution >= 4 is 11.7 Å². The van der Waals surface area contributed by atoms with Crippen LogP contribution in [0.5, 0.6) is 11.5 Å². The molecule has 2 fully saturated rings. The van der Waals surface area contributed by atoms with Crippen molar-refractivity contribution in [3.63, 3.8) is 0 Å². The van der Waals surface area contributed by atoms with E-state index < -0.39 is 29.6 Å². The molecule has 0 unspecified atom stereocenters. The quantitative estimate of drug-likeness (QED) is 0.183. The Kier molecular flexibility index (Phi) is 11.0. The lowest BCUT2D eigenvalue weighted by molar-refractivity contribution is -0.150. The number of carbonyl (C=O) groups excluding carboxylic acids is 1. The first-order valence-corrected chi connectivity index (χ1v) is 15.8. The number of benzene rings is 1. The lowest BCUT2D eigenvalue weighted by atomic mass is 9.79. The summed E-state index contributed by atoms with van der Waals surface area (Å²) < 4.78 is 29.7. The average Bonchev–Trinajstić information content (AvgIpc) is 3.54. The van der Waals surface area contributed by atoms with Crippen molar-refractivity contribution in [2.24, 2.45) is 5.10 Å².